The summed E-state index contributed by atoms with van der Waals surface area (Å²) in [6.45, 7) is 3.10. The number of phenols is 1. The molecule has 2 aromatic carbocycles. The zero-order valence-electron chi connectivity index (χ0n) is 17.7. The smallest absolute Gasteiger partial charge is 0.323 e. The number of benzene rings is 2. The summed E-state index contributed by atoms with van der Waals surface area (Å²) in [5.41, 5.74) is 3.54. The molecule has 2 N–H and O–H groups in total. The number of esters is 1. The molecule has 162 valence electrons. The third-order valence-corrected chi connectivity index (χ3v) is 6.05. The molecule has 0 saturated carbocycles. The maximum Gasteiger partial charge on any atom is 0.323 e. The Kier molecular flexibility index (Phi) is 6.37. The molecule has 0 amide bonds. The molecule has 0 radical (unpaired) electrons. The highest BCUT2D eigenvalue weighted by atomic mass is 16.5. The first-order valence-corrected chi connectivity index (χ1v) is 10.8. The van der Waals surface area contributed by atoms with Gasteiger partial charge in [0.15, 0.2) is 5.78 Å². The number of rotatable bonds is 6. The van der Waals surface area contributed by atoms with Crippen molar-refractivity contribution >= 4 is 17.4 Å². The van der Waals surface area contributed by atoms with Gasteiger partial charge in [-0.25, -0.2) is 0 Å². The summed E-state index contributed by atoms with van der Waals surface area (Å²) < 4.78 is 5.16. The third kappa shape index (κ3) is 4.49. The molecular weight excluding hydrogens is 392 g/mol. The predicted octanol–water partition coefficient (Wildman–Crippen LogP) is 3.00. The van der Waals surface area contributed by atoms with Crippen LogP contribution in [0.15, 0.2) is 65.7 Å². The lowest BCUT2D eigenvalue weighted by atomic mass is 9.83. The van der Waals surface area contributed by atoms with E-state index in [-0.39, 0.29) is 17.5 Å². The van der Waals surface area contributed by atoms with Crippen LogP contribution >= 0.6 is 0 Å². The standard InChI is InChI=1S/C25H28N2O4/c1-2-31-25(30)20-14-19-18(15-26-20)16-27(21-10-6-7-11-23(21)28)22(24(19)29)13-12-17-8-4-3-5-9-17/h3-11,20,22,26,28H,2,12-16H2,1H3. The van der Waals surface area contributed by atoms with Crippen molar-refractivity contribution < 1.29 is 19.4 Å². The summed E-state index contributed by atoms with van der Waals surface area (Å²) >= 11 is 0. The molecule has 2 aliphatic heterocycles. The van der Waals surface area contributed by atoms with E-state index in [0.29, 0.717) is 38.2 Å². The number of aromatic hydroxyl groups is 1. The highest BCUT2D eigenvalue weighted by molar-refractivity contribution is 6.04. The van der Waals surface area contributed by atoms with Gasteiger partial charge in [-0.3, -0.25) is 9.59 Å². The van der Waals surface area contributed by atoms with Crippen LogP contribution in [-0.4, -0.2) is 48.6 Å². The van der Waals surface area contributed by atoms with E-state index >= 15 is 0 Å². The number of para-hydroxylation sites is 2. The second kappa shape index (κ2) is 9.35. The van der Waals surface area contributed by atoms with Crippen LogP contribution in [0.25, 0.3) is 0 Å². The highest BCUT2D eigenvalue weighted by Crippen LogP contribution is 2.36. The van der Waals surface area contributed by atoms with E-state index in [2.05, 4.69) is 17.4 Å². The number of hydrogen-bond donors (Lipinski definition) is 2. The van der Waals surface area contributed by atoms with E-state index < -0.39 is 12.1 Å². The number of aryl methyl sites for hydroxylation is 1. The SMILES string of the molecule is CCOC(=O)C1CC2=C(CN1)CN(c1ccccc1O)C(CCc1ccccc1)C2=O. The average Bonchev–Trinajstić information content (AvgIpc) is 2.79. The van der Waals surface area contributed by atoms with E-state index in [1.807, 2.05) is 35.2 Å². The number of carbonyl (C=O) groups is 2. The zero-order chi connectivity index (χ0) is 21.8. The number of carbonyl (C=O) groups excluding carboxylic acids is 2. The lowest BCUT2D eigenvalue weighted by molar-refractivity contribution is -0.145. The van der Waals surface area contributed by atoms with Gasteiger partial charge in [0.05, 0.1) is 18.3 Å². The first-order chi connectivity index (χ1) is 15.1. The Morgan fingerprint density at radius 2 is 1.90 bits per heavy atom. The van der Waals surface area contributed by atoms with Gasteiger partial charge in [0, 0.05) is 25.1 Å². The second-order valence-electron chi connectivity index (χ2n) is 7.99. The van der Waals surface area contributed by atoms with Gasteiger partial charge >= 0.3 is 5.97 Å². The number of phenolic OH excluding ortho intramolecular Hbond substituents is 1. The highest BCUT2D eigenvalue weighted by Gasteiger charge is 2.40. The zero-order valence-corrected chi connectivity index (χ0v) is 17.7. The Labute approximate surface area is 182 Å². The quantitative estimate of drug-likeness (QED) is 0.700. The van der Waals surface area contributed by atoms with Gasteiger partial charge in [0.25, 0.3) is 0 Å². The monoisotopic (exact) mass is 420 g/mol. The molecular formula is C25H28N2O4. The van der Waals surface area contributed by atoms with Crippen LogP contribution < -0.4 is 10.2 Å². The normalized spacial score (nSPS) is 21.1. The Bertz CT molecular complexity index is 986. The van der Waals surface area contributed by atoms with Gasteiger partial charge in [-0.1, -0.05) is 42.5 Å². The molecule has 6 nitrogen and oxygen atoms in total. The Balaban J connectivity index is 1.63. The van der Waals surface area contributed by atoms with Crippen LogP contribution in [0.1, 0.15) is 25.3 Å². The van der Waals surface area contributed by atoms with Crippen LogP contribution in [0, 0.1) is 0 Å². The Hall–Kier alpha value is -3.12. The number of Topliss-reactive ketones (excluding diaryl/α,β-unsaturated/α-hetero) is 1. The van der Waals surface area contributed by atoms with Crippen molar-refractivity contribution in [3.05, 3.63) is 71.3 Å². The van der Waals surface area contributed by atoms with Crippen molar-refractivity contribution in [2.45, 2.75) is 38.3 Å². The van der Waals surface area contributed by atoms with Gasteiger partial charge in [-0.15, -0.1) is 0 Å². The van der Waals surface area contributed by atoms with Crippen molar-refractivity contribution in [2.75, 3.05) is 24.6 Å². The third-order valence-electron chi connectivity index (χ3n) is 6.05. The van der Waals surface area contributed by atoms with Crippen LogP contribution in [0.2, 0.25) is 0 Å². The van der Waals surface area contributed by atoms with Crippen LogP contribution in [0.3, 0.4) is 0 Å². The molecule has 0 aliphatic carbocycles. The fourth-order valence-corrected chi connectivity index (χ4v) is 4.46. The number of hydrogen-bond acceptors (Lipinski definition) is 6. The summed E-state index contributed by atoms with van der Waals surface area (Å²) in [7, 11) is 0. The van der Waals surface area contributed by atoms with Crippen molar-refractivity contribution in [1.29, 1.82) is 0 Å². The summed E-state index contributed by atoms with van der Waals surface area (Å²) in [4.78, 5) is 27.9. The number of anilines is 1. The fourth-order valence-electron chi connectivity index (χ4n) is 4.46. The van der Waals surface area contributed by atoms with E-state index in [1.54, 1.807) is 19.1 Å². The maximum atomic E-state index is 13.6. The molecule has 0 fully saturated rings. The van der Waals surface area contributed by atoms with Crippen molar-refractivity contribution in [3.63, 3.8) is 0 Å². The Morgan fingerprint density at radius 1 is 1.16 bits per heavy atom. The molecule has 6 heteroatoms. The second-order valence-corrected chi connectivity index (χ2v) is 7.99. The lowest BCUT2D eigenvalue weighted by Gasteiger charge is -2.41. The summed E-state index contributed by atoms with van der Waals surface area (Å²) in [6, 6.07) is 16.3. The van der Waals surface area contributed by atoms with Crippen LogP contribution in [0.4, 0.5) is 5.69 Å². The van der Waals surface area contributed by atoms with Gasteiger partial charge < -0.3 is 20.1 Å². The van der Waals surface area contributed by atoms with Gasteiger partial charge in [0.2, 0.25) is 0 Å². The average molecular weight is 421 g/mol. The molecule has 2 aromatic rings. The number of nitrogens with zero attached hydrogens (tertiary/aromatic N) is 1. The summed E-state index contributed by atoms with van der Waals surface area (Å²) in [5.74, 6) is -0.112. The fraction of sp³-hybridized carbons (Fsp3) is 0.360. The number of ether oxygens (including phenoxy) is 1. The van der Waals surface area contributed by atoms with Crippen molar-refractivity contribution in [2.24, 2.45) is 0 Å². The van der Waals surface area contributed by atoms with Gasteiger partial charge in [-0.2, -0.15) is 0 Å². The Morgan fingerprint density at radius 3 is 2.65 bits per heavy atom. The minimum Gasteiger partial charge on any atom is -0.506 e. The minimum absolute atomic E-state index is 0.0382. The molecule has 0 spiro atoms. The van der Waals surface area contributed by atoms with Crippen LogP contribution in [0.5, 0.6) is 5.75 Å². The lowest BCUT2D eigenvalue weighted by Crippen LogP contribution is -2.53. The maximum absolute atomic E-state index is 13.6. The molecule has 2 unspecified atom stereocenters. The molecule has 0 saturated heterocycles. The van der Waals surface area contributed by atoms with Crippen molar-refractivity contribution in [3.8, 4) is 5.75 Å². The minimum atomic E-state index is -0.492. The molecule has 4 rings (SSSR count). The summed E-state index contributed by atoms with van der Waals surface area (Å²) in [6.07, 6.45) is 1.73. The molecule has 0 bridgehead atoms. The van der Waals surface area contributed by atoms with E-state index in [9.17, 15) is 14.7 Å². The van der Waals surface area contributed by atoms with Gasteiger partial charge in [0.1, 0.15) is 11.8 Å². The van der Waals surface area contributed by atoms with Crippen molar-refractivity contribution in [1.82, 2.24) is 5.32 Å². The van der Waals surface area contributed by atoms with E-state index in [0.717, 1.165) is 17.6 Å². The number of nitrogens with one attached hydrogen (secondary N) is 1. The number of ketones is 1. The molecule has 2 heterocycles. The topological polar surface area (TPSA) is 78.9 Å². The van der Waals surface area contributed by atoms with Crippen LogP contribution in [-0.2, 0) is 20.7 Å². The largest absolute Gasteiger partial charge is 0.506 e. The molecule has 2 aliphatic rings. The first-order valence-electron chi connectivity index (χ1n) is 10.8. The first kappa shape index (κ1) is 21.1. The molecule has 31 heavy (non-hydrogen) atoms. The molecule has 0 aromatic heterocycles. The predicted molar refractivity (Wildman–Crippen MR) is 119 cm³/mol. The van der Waals surface area contributed by atoms with E-state index in [1.165, 1.54) is 5.56 Å². The summed E-state index contributed by atoms with van der Waals surface area (Å²) in [5, 5.41) is 13.7. The van der Waals surface area contributed by atoms with Gasteiger partial charge in [-0.05, 0) is 43.0 Å². The van der Waals surface area contributed by atoms with E-state index in [4.69, 9.17) is 4.74 Å². The molecule has 2 atom stereocenters.